The van der Waals surface area contributed by atoms with Crippen molar-refractivity contribution in [3.8, 4) is 0 Å². The van der Waals surface area contributed by atoms with E-state index in [4.69, 9.17) is 0 Å². The first-order valence-electron chi connectivity index (χ1n) is 7.95. The lowest BCUT2D eigenvalue weighted by atomic mass is 9.67. The number of nitrogens with zero attached hydrogens (tertiary/aromatic N) is 2. The van der Waals surface area contributed by atoms with Gasteiger partial charge in [-0.15, -0.1) is 0 Å². The topological polar surface area (TPSA) is 43.8 Å². The third-order valence-corrected chi connectivity index (χ3v) is 5.89. The van der Waals surface area contributed by atoms with Gasteiger partial charge in [0.15, 0.2) is 0 Å². The van der Waals surface area contributed by atoms with E-state index in [9.17, 15) is 9.90 Å². The van der Waals surface area contributed by atoms with E-state index in [2.05, 4.69) is 9.80 Å². The van der Waals surface area contributed by atoms with Crippen molar-refractivity contribution in [2.24, 2.45) is 11.8 Å². The SMILES string of the molecule is O=C1CCC[C@@H]2[C@H]3C[C@H](O)CN4CCC[C@@H](CN12)[C@H]34. The van der Waals surface area contributed by atoms with E-state index in [-0.39, 0.29) is 6.10 Å². The summed E-state index contributed by atoms with van der Waals surface area (Å²) in [5.74, 6) is 1.54. The normalized spacial score (nSPS) is 46.7. The molecule has 0 saturated carbocycles. The van der Waals surface area contributed by atoms with Gasteiger partial charge in [-0.1, -0.05) is 0 Å². The summed E-state index contributed by atoms with van der Waals surface area (Å²) in [7, 11) is 0. The maximum Gasteiger partial charge on any atom is 0.222 e. The van der Waals surface area contributed by atoms with Crippen LogP contribution < -0.4 is 0 Å². The summed E-state index contributed by atoms with van der Waals surface area (Å²) in [5, 5.41) is 10.2. The maximum absolute atomic E-state index is 12.2. The Kier molecular flexibility index (Phi) is 2.85. The summed E-state index contributed by atoms with van der Waals surface area (Å²) in [5.41, 5.74) is 0. The molecule has 0 unspecified atom stereocenters. The molecule has 4 heteroatoms. The molecule has 0 aromatic rings. The molecule has 0 aromatic heterocycles. The van der Waals surface area contributed by atoms with Crippen LogP contribution in [0.4, 0.5) is 0 Å². The van der Waals surface area contributed by atoms with Crippen molar-refractivity contribution in [1.82, 2.24) is 9.80 Å². The minimum absolute atomic E-state index is 0.183. The molecule has 5 atom stereocenters. The second-order valence-electron chi connectivity index (χ2n) is 6.95. The zero-order chi connectivity index (χ0) is 13.0. The minimum Gasteiger partial charge on any atom is -0.392 e. The van der Waals surface area contributed by atoms with Crippen LogP contribution in [0, 0.1) is 11.8 Å². The summed E-state index contributed by atoms with van der Waals surface area (Å²) in [6, 6.07) is 1.06. The lowest BCUT2D eigenvalue weighted by Gasteiger charge is -2.59. The fourth-order valence-electron chi connectivity index (χ4n) is 5.27. The molecule has 1 N–H and O–H groups in total. The summed E-state index contributed by atoms with van der Waals surface area (Å²) in [6.07, 6.45) is 6.16. The molecule has 0 radical (unpaired) electrons. The highest BCUT2D eigenvalue weighted by atomic mass is 16.3. The molecular formula is C15H24N2O2. The molecule has 4 aliphatic rings. The monoisotopic (exact) mass is 264 g/mol. The largest absolute Gasteiger partial charge is 0.392 e. The van der Waals surface area contributed by atoms with E-state index in [1.165, 1.54) is 12.8 Å². The summed E-state index contributed by atoms with van der Waals surface area (Å²) in [4.78, 5) is 16.9. The Bertz CT molecular complexity index is 386. The summed E-state index contributed by atoms with van der Waals surface area (Å²) < 4.78 is 0. The number of aliphatic hydroxyl groups is 1. The molecule has 0 aromatic carbocycles. The lowest BCUT2D eigenvalue weighted by molar-refractivity contribution is -0.156. The average Bonchev–Trinajstić information content (AvgIpc) is 2.40. The fraction of sp³-hybridized carbons (Fsp3) is 0.933. The molecule has 4 fully saturated rings. The van der Waals surface area contributed by atoms with Gasteiger partial charge in [-0.3, -0.25) is 9.69 Å². The van der Waals surface area contributed by atoms with Gasteiger partial charge >= 0.3 is 0 Å². The third kappa shape index (κ3) is 1.83. The number of carbonyl (C=O) groups is 1. The highest BCUT2D eigenvalue weighted by Gasteiger charge is 2.51. The quantitative estimate of drug-likeness (QED) is 0.705. The van der Waals surface area contributed by atoms with Crippen LogP contribution in [0.5, 0.6) is 0 Å². The van der Waals surface area contributed by atoms with Gasteiger partial charge in [-0.25, -0.2) is 0 Å². The minimum atomic E-state index is -0.183. The number of fused-ring (bicyclic) bond motifs is 2. The summed E-state index contributed by atoms with van der Waals surface area (Å²) >= 11 is 0. The van der Waals surface area contributed by atoms with Gasteiger partial charge in [0.1, 0.15) is 0 Å². The van der Waals surface area contributed by atoms with Gasteiger partial charge in [0.25, 0.3) is 0 Å². The smallest absolute Gasteiger partial charge is 0.222 e. The lowest BCUT2D eigenvalue weighted by Crippen LogP contribution is -2.68. The van der Waals surface area contributed by atoms with Crippen molar-refractivity contribution in [1.29, 1.82) is 0 Å². The van der Waals surface area contributed by atoms with Crippen LogP contribution in [-0.4, -0.2) is 58.6 Å². The first-order valence-corrected chi connectivity index (χ1v) is 7.95. The van der Waals surface area contributed by atoms with Crippen molar-refractivity contribution in [2.75, 3.05) is 19.6 Å². The van der Waals surface area contributed by atoms with Crippen molar-refractivity contribution in [2.45, 2.75) is 56.7 Å². The van der Waals surface area contributed by atoms with E-state index < -0.39 is 0 Å². The van der Waals surface area contributed by atoms with E-state index >= 15 is 0 Å². The van der Waals surface area contributed by atoms with Crippen molar-refractivity contribution in [3.63, 3.8) is 0 Å². The maximum atomic E-state index is 12.2. The zero-order valence-corrected chi connectivity index (χ0v) is 11.5. The molecule has 4 rings (SSSR count). The third-order valence-electron chi connectivity index (χ3n) is 5.89. The molecule has 0 spiro atoms. The Morgan fingerprint density at radius 3 is 2.95 bits per heavy atom. The van der Waals surface area contributed by atoms with Gasteiger partial charge in [0.05, 0.1) is 6.10 Å². The Morgan fingerprint density at radius 2 is 2.05 bits per heavy atom. The highest BCUT2D eigenvalue weighted by molar-refractivity contribution is 5.77. The molecule has 0 bridgehead atoms. The van der Waals surface area contributed by atoms with E-state index in [1.807, 2.05) is 0 Å². The standard InChI is InChI=1S/C15H24N2O2/c18-11-7-12-13-4-1-5-14(19)17(13)8-10-3-2-6-16(9-11)15(10)12/h10-13,15,18H,1-9H2/t10-,11-,12+,13+,15+/m0/s1. The van der Waals surface area contributed by atoms with E-state index in [0.717, 1.165) is 45.3 Å². The van der Waals surface area contributed by atoms with E-state index in [0.29, 0.717) is 29.8 Å². The van der Waals surface area contributed by atoms with Crippen molar-refractivity contribution >= 4 is 5.91 Å². The number of aliphatic hydroxyl groups excluding tert-OH is 1. The van der Waals surface area contributed by atoms with Gasteiger partial charge in [0, 0.05) is 31.6 Å². The predicted molar refractivity (Wildman–Crippen MR) is 71.6 cm³/mol. The molecule has 4 heterocycles. The van der Waals surface area contributed by atoms with Gasteiger partial charge in [-0.2, -0.15) is 0 Å². The molecular weight excluding hydrogens is 240 g/mol. The van der Waals surface area contributed by atoms with Gasteiger partial charge < -0.3 is 10.0 Å². The number of amides is 1. The van der Waals surface area contributed by atoms with Gasteiger partial charge in [0.2, 0.25) is 5.91 Å². The summed E-state index contributed by atoms with van der Waals surface area (Å²) in [6.45, 7) is 2.99. The molecule has 4 nitrogen and oxygen atoms in total. The first kappa shape index (κ1) is 12.2. The predicted octanol–water partition coefficient (Wildman–Crippen LogP) is 0.842. The Labute approximate surface area is 114 Å². The van der Waals surface area contributed by atoms with Crippen LogP contribution >= 0.6 is 0 Å². The number of hydrogen-bond acceptors (Lipinski definition) is 3. The Morgan fingerprint density at radius 1 is 1.16 bits per heavy atom. The van der Waals surface area contributed by atoms with Crippen molar-refractivity contribution < 1.29 is 9.90 Å². The second kappa shape index (κ2) is 4.45. The molecule has 0 aliphatic carbocycles. The first-order chi connectivity index (χ1) is 9.24. The number of rotatable bonds is 0. The highest BCUT2D eigenvalue weighted by Crippen LogP contribution is 2.44. The van der Waals surface area contributed by atoms with Crippen LogP contribution in [0.2, 0.25) is 0 Å². The Hall–Kier alpha value is -0.610. The zero-order valence-electron chi connectivity index (χ0n) is 11.5. The average molecular weight is 264 g/mol. The van der Waals surface area contributed by atoms with Crippen LogP contribution in [0.3, 0.4) is 0 Å². The van der Waals surface area contributed by atoms with Crippen LogP contribution in [0.25, 0.3) is 0 Å². The number of carbonyl (C=O) groups excluding carboxylic acids is 1. The molecule has 106 valence electrons. The van der Waals surface area contributed by atoms with Crippen LogP contribution in [0.1, 0.15) is 38.5 Å². The van der Waals surface area contributed by atoms with Crippen molar-refractivity contribution in [3.05, 3.63) is 0 Å². The fourth-order valence-corrected chi connectivity index (χ4v) is 5.27. The van der Waals surface area contributed by atoms with E-state index in [1.54, 1.807) is 0 Å². The van der Waals surface area contributed by atoms with Crippen LogP contribution in [-0.2, 0) is 4.79 Å². The number of piperidine rings is 4. The number of hydrogen-bond donors (Lipinski definition) is 1. The molecule has 4 aliphatic heterocycles. The van der Waals surface area contributed by atoms with Crippen LogP contribution in [0.15, 0.2) is 0 Å². The molecule has 19 heavy (non-hydrogen) atoms. The second-order valence-corrected chi connectivity index (χ2v) is 6.95. The molecule has 4 saturated heterocycles. The Balaban J connectivity index is 1.67. The van der Waals surface area contributed by atoms with Gasteiger partial charge in [-0.05, 0) is 50.5 Å². The molecule has 1 amide bonds.